The van der Waals surface area contributed by atoms with E-state index in [2.05, 4.69) is 38.2 Å². The number of esters is 2. The number of carboxylic acids is 1. The number of carbonyl (C=O) groups is 3. The Morgan fingerprint density at radius 3 is 1.08 bits per heavy atom. The summed E-state index contributed by atoms with van der Waals surface area (Å²) in [4.78, 5) is 37.4. The summed E-state index contributed by atoms with van der Waals surface area (Å²) in [6, 6.07) is 0. The molecular weight excluding hydrogens is 935 g/mol. The zero-order valence-electron chi connectivity index (χ0n) is 50.4. The molecule has 0 saturated heterocycles. The van der Waals surface area contributed by atoms with Crippen molar-refractivity contribution in [2.24, 2.45) is 0 Å². The van der Waals surface area contributed by atoms with E-state index in [1.54, 1.807) is 0 Å². The van der Waals surface area contributed by atoms with Crippen LogP contribution in [0.3, 0.4) is 0 Å². The zero-order valence-corrected chi connectivity index (χ0v) is 50.4. The van der Waals surface area contributed by atoms with E-state index < -0.39 is 24.3 Å². The predicted molar refractivity (Wildman–Crippen MR) is 316 cm³/mol. The fourth-order valence-electron chi connectivity index (χ4n) is 9.69. The molecule has 0 heterocycles. The third-order valence-corrected chi connectivity index (χ3v) is 14.7. The first-order valence-electron chi connectivity index (χ1n) is 32.5. The van der Waals surface area contributed by atoms with Gasteiger partial charge in [-0.1, -0.05) is 289 Å². The van der Waals surface area contributed by atoms with Crippen LogP contribution in [0.2, 0.25) is 0 Å². The van der Waals surface area contributed by atoms with Crippen LogP contribution in [0.4, 0.5) is 0 Å². The number of ether oxygens (including phenoxy) is 4. The van der Waals surface area contributed by atoms with Gasteiger partial charge in [-0.05, 0) is 44.9 Å². The molecule has 0 amide bonds. The van der Waals surface area contributed by atoms with Crippen LogP contribution in [0.1, 0.15) is 322 Å². The lowest BCUT2D eigenvalue weighted by molar-refractivity contribution is -0.870. The van der Waals surface area contributed by atoms with E-state index in [4.69, 9.17) is 18.9 Å². The SMILES string of the molecule is CCCCC/C=C\C/C=C\CCCCCCCCCCCC(=O)OC(COC(=O)CCCCCCCCCCCCCCCCCCCCCCCCCCCCCCCCC)COC(OCC[N+](C)(C)C)C(=O)[O-]. The molecule has 75 heavy (non-hydrogen) atoms. The smallest absolute Gasteiger partial charge is 0.306 e. The summed E-state index contributed by atoms with van der Waals surface area (Å²) in [5, 5.41) is 11.8. The topological polar surface area (TPSA) is 111 Å². The summed E-state index contributed by atoms with van der Waals surface area (Å²) in [5.41, 5.74) is 0. The first kappa shape index (κ1) is 72.8. The lowest BCUT2D eigenvalue weighted by atomic mass is 10.0. The van der Waals surface area contributed by atoms with Crippen molar-refractivity contribution >= 4 is 17.9 Å². The van der Waals surface area contributed by atoms with Crippen molar-refractivity contribution in [2.45, 2.75) is 334 Å². The number of rotatable bonds is 61. The van der Waals surface area contributed by atoms with E-state index in [0.29, 0.717) is 23.9 Å². The van der Waals surface area contributed by atoms with Crippen molar-refractivity contribution in [3.05, 3.63) is 24.3 Å². The van der Waals surface area contributed by atoms with Crippen molar-refractivity contribution in [1.82, 2.24) is 0 Å². The van der Waals surface area contributed by atoms with Gasteiger partial charge in [0.1, 0.15) is 13.2 Å². The number of allylic oxidation sites excluding steroid dienone is 4. The summed E-state index contributed by atoms with van der Waals surface area (Å²) < 4.78 is 22.8. The molecule has 9 heteroatoms. The third-order valence-electron chi connectivity index (χ3n) is 14.7. The Kier molecular flexibility index (Phi) is 56.2. The first-order chi connectivity index (χ1) is 36.6. The van der Waals surface area contributed by atoms with Gasteiger partial charge in [0.15, 0.2) is 12.4 Å². The average Bonchev–Trinajstić information content (AvgIpc) is 3.38. The van der Waals surface area contributed by atoms with E-state index in [0.717, 1.165) is 51.4 Å². The van der Waals surface area contributed by atoms with E-state index in [9.17, 15) is 19.5 Å². The number of hydrogen-bond donors (Lipinski definition) is 0. The minimum atomic E-state index is -1.62. The van der Waals surface area contributed by atoms with Gasteiger partial charge in [0.05, 0.1) is 40.3 Å². The Bertz CT molecular complexity index is 1280. The number of hydrogen-bond acceptors (Lipinski definition) is 8. The number of quaternary nitrogens is 1. The third kappa shape index (κ3) is 59.3. The molecule has 0 aliphatic heterocycles. The minimum Gasteiger partial charge on any atom is -0.545 e. The number of unbranched alkanes of at least 4 members (excludes halogenated alkanes) is 42. The van der Waals surface area contributed by atoms with Crippen molar-refractivity contribution < 1.29 is 42.9 Å². The van der Waals surface area contributed by atoms with E-state index in [1.165, 1.54) is 238 Å². The molecule has 0 bridgehead atoms. The normalized spacial score (nSPS) is 12.8. The molecule has 0 aromatic rings. The summed E-state index contributed by atoms with van der Waals surface area (Å²) in [5.74, 6) is -2.27. The molecule has 0 aliphatic carbocycles. The van der Waals surface area contributed by atoms with Crippen LogP contribution in [0.25, 0.3) is 0 Å². The largest absolute Gasteiger partial charge is 0.545 e. The standard InChI is InChI=1S/C66H125NO8/c1-6-8-10-12-14-16-18-20-22-24-26-27-28-29-30-31-32-33-34-35-36-37-39-40-42-44-46-48-50-52-54-56-63(68)73-60-62(61-74-66(65(70)71)72-59-58-67(3,4)5)75-64(69)57-55-53-51-49-47-45-43-41-38-25-23-21-19-17-15-13-11-9-7-2/h15,17,21,23,62,66H,6-14,16,18-20,22,24-61H2,1-5H3/b17-15-,23-21-. The van der Waals surface area contributed by atoms with Gasteiger partial charge in [-0.15, -0.1) is 0 Å². The fraction of sp³-hybridized carbons (Fsp3) is 0.894. The molecule has 0 radical (unpaired) electrons. The van der Waals surface area contributed by atoms with Crippen LogP contribution in [-0.2, 0) is 33.3 Å². The molecule has 0 aromatic carbocycles. The molecular formula is C66H125NO8. The molecule has 0 spiro atoms. The second-order valence-corrected chi connectivity index (χ2v) is 23.4. The highest BCUT2D eigenvalue weighted by Gasteiger charge is 2.22. The molecule has 0 saturated carbocycles. The Hall–Kier alpha value is -2.23. The van der Waals surface area contributed by atoms with Gasteiger partial charge in [0.2, 0.25) is 0 Å². The Labute approximate surface area is 465 Å². The van der Waals surface area contributed by atoms with Crippen LogP contribution >= 0.6 is 0 Å². The molecule has 0 N–H and O–H groups in total. The lowest BCUT2D eigenvalue weighted by Gasteiger charge is -2.26. The molecule has 0 aromatic heterocycles. The minimum absolute atomic E-state index is 0.149. The number of likely N-dealkylation sites (N-methyl/N-ethyl adjacent to an activating group) is 1. The van der Waals surface area contributed by atoms with Gasteiger partial charge >= 0.3 is 11.9 Å². The van der Waals surface area contributed by atoms with Crippen LogP contribution in [0.5, 0.6) is 0 Å². The maximum Gasteiger partial charge on any atom is 0.306 e. The molecule has 9 nitrogen and oxygen atoms in total. The number of carboxylic acid groups (broad SMARTS) is 1. The number of aliphatic carboxylic acids is 1. The zero-order chi connectivity index (χ0) is 54.8. The van der Waals surface area contributed by atoms with Gasteiger partial charge in [0, 0.05) is 12.8 Å². The van der Waals surface area contributed by atoms with Crippen molar-refractivity contribution in [2.75, 3.05) is 47.5 Å². The monoisotopic (exact) mass is 1060 g/mol. The van der Waals surface area contributed by atoms with Gasteiger partial charge in [-0.3, -0.25) is 9.59 Å². The Balaban J connectivity index is 4.06. The Morgan fingerprint density at radius 2 is 0.720 bits per heavy atom. The highest BCUT2D eigenvalue weighted by molar-refractivity contribution is 5.70. The maximum atomic E-state index is 12.9. The molecule has 0 fully saturated rings. The fourth-order valence-corrected chi connectivity index (χ4v) is 9.69. The van der Waals surface area contributed by atoms with Gasteiger partial charge in [-0.2, -0.15) is 0 Å². The maximum absolute atomic E-state index is 12.9. The molecule has 442 valence electrons. The predicted octanol–water partition coefficient (Wildman–Crippen LogP) is 18.1. The van der Waals surface area contributed by atoms with Crippen LogP contribution in [0.15, 0.2) is 24.3 Å². The van der Waals surface area contributed by atoms with Crippen molar-refractivity contribution in [3.8, 4) is 0 Å². The highest BCUT2D eigenvalue weighted by Crippen LogP contribution is 2.18. The lowest BCUT2D eigenvalue weighted by Crippen LogP contribution is -2.44. The van der Waals surface area contributed by atoms with Crippen LogP contribution in [-0.4, -0.2) is 82.3 Å². The molecule has 0 rings (SSSR count). The summed E-state index contributed by atoms with van der Waals surface area (Å²) in [6.45, 7) is 4.78. The number of carbonyl (C=O) groups excluding carboxylic acids is 3. The van der Waals surface area contributed by atoms with E-state index in [-0.39, 0.29) is 32.2 Å². The van der Waals surface area contributed by atoms with Gasteiger partial charge in [0.25, 0.3) is 0 Å². The summed E-state index contributed by atoms with van der Waals surface area (Å²) in [7, 11) is 5.93. The summed E-state index contributed by atoms with van der Waals surface area (Å²) in [6.07, 6.45) is 66.8. The Morgan fingerprint density at radius 1 is 0.400 bits per heavy atom. The van der Waals surface area contributed by atoms with Crippen molar-refractivity contribution in [1.29, 1.82) is 0 Å². The van der Waals surface area contributed by atoms with Crippen LogP contribution < -0.4 is 5.11 Å². The molecule has 0 aliphatic rings. The quantitative estimate of drug-likeness (QED) is 0.0195. The van der Waals surface area contributed by atoms with Gasteiger partial charge in [-0.25, -0.2) is 0 Å². The van der Waals surface area contributed by atoms with E-state index in [1.807, 2.05) is 21.1 Å². The van der Waals surface area contributed by atoms with Gasteiger partial charge < -0.3 is 33.3 Å². The van der Waals surface area contributed by atoms with E-state index >= 15 is 0 Å². The second kappa shape index (κ2) is 57.9. The second-order valence-electron chi connectivity index (χ2n) is 23.4. The first-order valence-corrected chi connectivity index (χ1v) is 32.5. The average molecular weight is 1060 g/mol. The highest BCUT2D eigenvalue weighted by atomic mass is 16.7. The molecule has 2 unspecified atom stereocenters. The van der Waals surface area contributed by atoms with Crippen molar-refractivity contribution in [3.63, 3.8) is 0 Å². The molecule has 2 atom stereocenters. The number of nitrogens with zero attached hydrogens (tertiary/aromatic N) is 1. The van der Waals surface area contributed by atoms with Crippen LogP contribution in [0, 0.1) is 0 Å². The summed E-state index contributed by atoms with van der Waals surface area (Å²) >= 11 is 0.